The maximum absolute atomic E-state index is 6.08. The molecule has 1 heterocycles. The molecule has 2 rings (SSSR count). The van der Waals surface area contributed by atoms with E-state index in [1.807, 2.05) is 0 Å². The van der Waals surface area contributed by atoms with E-state index >= 15 is 0 Å². The zero-order valence-corrected chi connectivity index (χ0v) is 13.4. The topological polar surface area (TPSA) is 29.3 Å². The zero-order chi connectivity index (χ0) is 14.6. The molecule has 0 bridgehead atoms. The summed E-state index contributed by atoms with van der Waals surface area (Å²) in [4.78, 5) is 2.53. The molecule has 1 saturated heterocycles. The van der Waals surface area contributed by atoms with Gasteiger partial charge in [-0.15, -0.1) is 0 Å². The molecule has 0 aromatic heterocycles. The highest BCUT2D eigenvalue weighted by molar-refractivity contribution is 5.48. The number of hydrogen-bond acceptors (Lipinski definition) is 2. The highest BCUT2D eigenvalue weighted by Gasteiger charge is 2.31. The lowest BCUT2D eigenvalue weighted by Gasteiger charge is -2.42. The molecule has 0 spiro atoms. The van der Waals surface area contributed by atoms with Crippen LogP contribution in [0, 0.1) is 5.41 Å². The highest BCUT2D eigenvalue weighted by atomic mass is 15.1. The normalized spacial score (nSPS) is 19.9. The average molecular weight is 274 g/mol. The summed E-state index contributed by atoms with van der Waals surface area (Å²) in [6.45, 7) is 9.22. The fraction of sp³-hybridized carbons (Fsp3) is 0.667. The second kappa shape index (κ2) is 6.62. The van der Waals surface area contributed by atoms with Crippen LogP contribution in [-0.4, -0.2) is 13.1 Å². The van der Waals surface area contributed by atoms with Crippen molar-refractivity contribution >= 4 is 5.69 Å². The number of rotatable bonds is 5. The fourth-order valence-electron chi connectivity index (χ4n) is 3.36. The second-order valence-corrected chi connectivity index (χ2v) is 6.30. The minimum absolute atomic E-state index is 0.179. The summed E-state index contributed by atoms with van der Waals surface area (Å²) >= 11 is 0. The summed E-state index contributed by atoms with van der Waals surface area (Å²) in [5.41, 5.74) is 9.29. The predicted molar refractivity (Wildman–Crippen MR) is 88.1 cm³/mol. The molecule has 1 aromatic carbocycles. The third kappa shape index (κ3) is 3.17. The van der Waals surface area contributed by atoms with Gasteiger partial charge in [-0.25, -0.2) is 0 Å². The molecule has 1 fully saturated rings. The molecule has 1 aliphatic rings. The van der Waals surface area contributed by atoms with Gasteiger partial charge in [0.05, 0.1) is 0 Å². The summed E-state index contributed by atoms with van der Waals surface area (Å²) in [7, 11) is 0. The van der Waals surface area contributed by atoms with E-state index in [2.05, 4.69) is 49.9 Å². The van der Waals surface area contributed by atoms with Crippen molar-refractivity contribution < 1.29 is 0 Å². The van der Waals surface area contributed by atoms with Gasteiger partial charge < -0.3 is 10.6 Å². The Kier molecular flexibility index (Phi) is 5.09. The van der Waals surface area contributed by atoms with Crippen LogP contribution in [0.4, 0.5) is 5.69 Å². The number of nitrogens with two attached hydrogens (primary N) is 1. The first-order chi connectivity index (χ1) is 9.64. The monoisotopic (exact) mass is 274 g/mol. The van der Waals surface area contributed by atoms with Crippen LogP contribution in [0.2, 0.25) is 0 Å². The lowest BCUT2D eigenvalue weighted by molar-refractivity contribution is 0.199. The Hall–Kier alpha value is -1.02. The molecule has 1 atom stereocenters. The Morgan fingerprint density at radius 2 is 1.60 bits per heavy atom. The van der Waals surface area contributed by atoms with Crippen LogP contribution in [0.25, 0.3) is 0 Å². The maximum atomic E-state index is 6.08. The van der Waals surface area contributed by atoms with Crippen LogP contribution in [-0.2, 0) is 0 Å². The predicted octanol–water partition coefficient (Wildman–Crippen LogP) is 4.50. The molecule has 1 unspecified atom stereocenters. The summed E-state index contributed by atoms with van der Waals surface area (Å²) in [5.74, 6) is 0. The van der Waals surface area contributed by atoms with Gasteiger partial charge in [0.15, 0.2) is 0 Å². The molecule has 2 nitrogen and oxygen atoms in total. The number of benzene rings is 1. The number of nitrogens with zero attached hydrogens (tertiary/aromatic N) is 1. The molecular formula is C18H30N2. The smallest absolute Gasteiger partial charge is 0.0366 e. The maximum Gasteiger partial charge on any atom is 0.0366 e. The van der Waals surface area contributed by atoms with Gasteiger partial charge in [0, 0.05) is 24.8 Å². The van der Waals surface area contributed by atoms with Gasteiger partial charge in [0.2, 0.25) is 0 Å². The van der Waals surface area contributed by atoms with E-state index in [0.717, 1.165) is 6.42 Å². The molecule has 112 valence electrons. The average Bonchev–Trinajstić information content (AvgIpc) is 2.54. The summed E-state index contributed by atoms with van der Waals surface area (Å²) in [6, 6.07) is 9.07. The minimum Gasteiger partial charge on any atom is -0.371 e. The van der Waals surface area contributed by atoms with Crippen molar-refractivity contribution in [2.75, 3.05) is 18.0 Å². The van der Waals surface area contributed by atoms with Gasteiger partial charge in [0.25, 0.3) is 0 Å². The van der Waals surface area contributed by atoms with E-state index in [1.54, 1.807) is 0 Å². The van der Waals surface area contributed by atoms with Crippen molar-refractivity contribution in [3.05, 3.63) is 29.8 Å². The minimum atomic E-state index is 0.179. The lowest BCUT2D eigenvalue weighted by atomic mass is 9.74. The van der Waals surface area contributed by atoms with Crippen LogP contribution >= 0.6 is 0 Å². The van der Waals surface area contributed by atoms with E-state index in [1.165, 1.54) is 50.0 Å². The first-order valence-corrected chi connectivity index (χ1v) is 8.24. The molecule has 0 saturated carbocycles. The van der Waals surface area contributed by atoms with Crippen LogP contribution in [0.5, 0.6) is 0 Å². The van der Waals surface area contributed by atoms with Crippen LogP contribution < -0.4 is 10.6 Å². The van der Waals surface area contributed by atoms with E-state index in [9.17, 15) is 0 Å². The first-order valence-electron chi connectivity index (χ1n) is 8.24. The van der Waals surface area contributed by atoms with Crippen LogP contribution in [0.3, 0.4) is 0 Å². The largest absolute Gasteiger partial charge is 0.371 e. The summed E-state index contributed by atoms with van der Waals surface area (Å²) in [6.07, 6.45) is 6.30. The second-order valence-electron chi connectivity index (χ2n) is 6.30. The van der Waals surface area contributed by atoms with Crippen LogP contribution in [0.1, 0.15) is 64.5 Å². The highest BCUT2D eigenvalue weighted by Crippen LogP contribution is 2.39. The Bertz CT molecular complexity index is 396. The fourth-order valence-corrected chi connectivity index (χ4v) is 3.36. The number of piperidine rings is 1. The van der Waals surface area contributed by atoms with Gasteiger partial charge in [-0.1, -0.05) is 45.7 Å². The molecular weight excluding hydrogens is 244 g/mol. The zero-order valence-electron chi connectivity index (χ0n) is 13.4. The molecule has 0 radical (unpaired) electrons. The van der Waals surface area contributed by atoms with E-state index in [4.69, 9.17) is 5.73 Å². The molecule has 20 heavy (non-hydrogen) atoms. The van der Waals surface area contributed by atoms with Gasteiger partial charge in [-0.05, 0) is 42.4 Å². The summed E-state index contributed by atoms with van der Waals surface area (Å²) < 4.78 is 0. The van der Waals surface area contributed by atoms with Crippen molar-refractivity contribution in [2.24, 2.45) is 11.1 Å². The van der Waals surface area contributed by atoms with E-state index < -0.39 is 0 Å². The molecule has 2 N–H and O–H groups in total. The Morgan fingerprint density at radius 1 is 1.05 bits per heavy atom. The number of hydrogen-bond donors (Lipinski definition) is 1. The van der Waals surface area contributed by atoms with Gasteiger partial charge in [-0.3, -0.25) is 0 Å². The standard InChI is InChI=1S/C18H30N2/c1-4-17(19)15-7-9-16(10-8-15)20-13-11-18(5-2,6-3)12-14-20/h7-10,17H,4-6,11-14,19H2,1-3H3. The van der Waals surface area contributed by atoms with E-state index in [0.29, 0.717) is 5.41 Å². The third-order valence-corrected chi connectivity index (χ3v) is 5.45. The van der Waals surface area contributed by atoms with Gasteiger partial charge in [0.1, 0.15) is 0 Å². The third-order valence-electron chi connectivity index (χ3n) is 5.45. The first kappa shape index (κ1) is 15.4. The molecule has 1 aliphatic heterocycles. The quantitative estimate of drug-likeness (QED) is 0.856. The molecule has 0 aliphatic carbocycles. The number of anilines is 1. The Morgan fingerprint density at radius 3 is 2.05 bits per heavy atom. The van der Waals surface area contributed by atoms with Gasteiger partial charge >= 0.3 is 0 Å². The van der Waals surface area contributed by atoms with Crippen molar-refractivity contribution in [3.63, 3.8) is 0 Å². The molecule has 2 heteroatoms. The van der Waals surface area contributed by atoms with Gasteiger partial charge in [-0.2, -0.15) is 0 Å². The van der Waals surface area contributed by atoms with Crippen molar-refractivity contribution in [1.82, 2.24) is 0 Å². The Labute approximate surface area is 124 Å². The van der Waals surface area contributed by atoms with Crippen molar-refractivity contribution in [1.29, 1.82) is 0 Å². The SMILES string of the molecule is CCC(N)c1ccc(N2CCC(CC)(CC)CC2)cc1. The lowest BCUT2D eigenvalue weighted by Crippen LogP contribution is -2.39. The molecule has 1 aromatic rings. The van der Waals surface area contributed by atoms with Crippen molar-refractivity contribution in [3.8, 4) is 0 Å². The molecule has 0 amide bonds. The van der Waals surface area contributed by atoms with Crippen molar-refractivity contribution in [2.45, 2.75) is 58.9 Å². The van der Waals surface area contributed by atoms with E-state index in [-0.39, 0.29) is 6.04 Å². The summed E-state index contributed by atoms with van der Waals surface area (Å²) in [5, 5.41) is 0. The Balaban J connectivity index is 2.00. The van der Waals surface area contributed by atoms with Crippen LogP contribution in [0.15, 0.2) is 24.3 Å².